The maximum atomic E-state index is 5.61. The Morgan fingerprint density at radius 2 is 2.00 bits per heavy atom. The zero-order chi connectivity index (χ0) is 11.1. The lowest BCUT2D eigenvalue weighted by molar-refractivity contribution is 0.0904. The third-order valence-electron chi connectivity index (χ3n) is 3.51. The minimum atomic E-state index is 0.476. The molecule has 2 nitrogen and oxygen atoms in total. The molecule has 90 valence electrons. The Morgan fingerprint density at radius 1 is 1.27 bits per heavy atom. The summed E-state index contributed by atoms with van der Waals surface area (Å²) in [5.41, 5.74) is 0.476. The van der Waals surface area contributed by atoms with Gasteiger partial charge >= 0.3 is 0 Å². The molecule has 1 rings (SSSR count). The van der Waals surface area contributed by atoms with Crippen LogP contribution in [0.2, 0.25) is 0 Å². The predicted molar refractivity (Wildman–Crippen MR) is 65.1 cm³/mol. The molecule has 2 heteroatoms. The highest BCUT2D eigenvalue weighted by Gasteiger charge is 2.40. The molecule has 0 amide bonds. The molecule has 1 aliphatic rings. The average molecular weight is 213 g/mol. The minimum Gasteiger partial charge on any atom is -0.381 e. The van der Waals surface area contributed by atoms with Gasteiger partial charge < -0.3 is 10.1 Å². The van der Waals surface area contributed by atoms with Crippen LogP contribution in [-0.2, 0) is 4.74 Å². The first-order valence-electron chi connectivity index (χ1n) is 6.51. The van der Waals surface area contributed by atoms with Crippen LogP contribution in [0.3, 0.4) is 0 Å². The van der Waals surface area contributed by atoms with E-state index in [9.17, 15) is 0 Å². The quantitative estimate of drug-likeness (QED) is 0.595. The Bertz CT molecular complexity index is 168. The lowest BCUT2D eigenvalue weighted by Gasteiger charge is -2.30. The summed E-state index contributed by atoms with van der Waals surface area (Å²) in [5, 5.41) is 3.50. The molecular formula is C13H27NO. The largest absolute Gasteiger partial charge is 0.381 e. The molecule has 0 bridgehead atoms. The second kappa shape index (κ2) is 6.49. The summed E-state index contributed by atoms with van der Waals surface area (Å²) >= 11 is 0. The smallest absolute Gasteiger partial charge is 0.0471 e. The average Bonchev–Trinajstić information content (AvgIpc) is 3.05. The molecule has 0 aromatic carbocycles. The second-order valence-corrected chi connectivity index (χ2v) is 5.07. The molecule has 0 radical (unpaired) electrons. The summed E-state index contributed by atoms with van der Waals surface area (Å²) in [6, 6.07) is 0. The molecule has 0 heterocycles. The molecule has 0 aliphatic heterocycles. The van der Waals surface area contributed by atoms with E-state index in [0.29, 0.717) is 5.41 Å². The van der Waals surface area contributed by atoms with E-state index >= 15 is 0 Å². The van der Waals surface area contributed by atoms with Gasteiger partial charge in [0.05, 0.1) is 0 Å². The van der Waals surface area contributed by atoms with Crippen molar-refractivity contribution in [1.29, 1.82) is 0 Å². The van der Waals surface area contributed by atoms with Gasteiger partial charge in [0, 0.05) is 19.8 Å². The molecule has 15 heavy (non-hydrogen) atoms. The highest BCUT2D eigenvalue weighted by atomic mass is 16.5. The van der Waals surface area contributed by atoms with E-state index in [4.69, 9.17) is 4.74 Å². The number of nitrogens with one attached hydrogen (secondary N) is 1. The summed E-state index contributed by atoms with van der Waals surface area (Å²) in [5.74, 6) is 0.946. The van der Waals surface area contributed by atoms with Crippen LogP contribution in [0.1, 0.15) is 46.5 Å². The molecule has 0 aromatic rings. The first-order chi connectivity index (χ1) is 7.23. The highest BCUT2D eigenvalue weighted by Crippen LogP contribution is 2.47. The molecule has 1 atom stereocenters. The maximum Gasteiger partial charge on any atom is 0.0471 e. The standard InChI is InChI=1S/C13H27NO/c1-4-9-15-10-8-13(3,11-14-5-2)12-6-7-12/h12,14H,4-11H2,1-3H3. The summed E-state index contributed by atoms with van der Waals surface area (Å²) in [6.07, 6.45) is 5.20. The number of hydrogen-bond acceptors (Lipinski definition) is 2. The normalized spacial score (nSPS) is 20.2. The van der Waals surface area contributed by atoms with E-state index in [0.717, 1.165) is 38.6 Å². The Hall–Kier alpha value is -0.0800. The maximum absolute atomic E-state index is 5.61. The van der Waals surface area contributed by atoms with E-state index in [2.05, 4.69) is 26.1 Å². The fourth-order valence-corrected chi connectivity index (χ4v) is 2.18. The molecule has 0 saturated heterocycles. The van der Waals surface area contributed by atoms with E-state index in [-0.39, 0.29) is 0 Å². The van der Waals surface area contributed by atoms with Crippen LogP contribution in [-0.4, -0.2) is 26.3 Å². The van der Waals surface area contributed by atoms with Crippen LogP contribution >= 0.6 is 0 Å². The van der Waals surface area contributed by atoms with Gasteiger partial charge in [0.2, 0.25) is 0 Å². The van der Waals surface area contributed by atoms with E-state index in [1.165, 1.54) is 19.3 Å². The first-order valence-corrected chi connectivity index (χ1v) is 6.51. The van der Waals surface area contributed by atoms with Gasteiger partial charge in [-0.25, -0.2) is 0 Å². The van der Waals surface area contributed by atoms with Crippen LogP contribution in [0.25, 0.3) is 0 Å². The van der Waals surface area contributed by atoms with E-state index < -0.39 is 0 Å². The number of rotatable bonds is 9. The van der Waals surface area contributed by atoms with Crippen LogP contribution in [0.4, 0.5) is 0 Å². The minimum absolute atomic E-state index is 0.476. The topological polar surface area (TPSA) is 21.3 Å². The van der Waals surface area contributed by atoms with Gasteiger partial charge in [-0.1, -0.05) is 20.8 Å². The van der Waals surface area contributed by atoms with Crippen molar-refractivity contribution >= 4 is 0 Å². The molecule has 1 fully saturated rings. The Labute approximate surface area is 94.8 Å². The van der Waals surface area contributed by atoms with Crippen LogP contribution in [0.5, 0.6) is 0 Å². The zero-order valence-electron chi connectivity index (χ0n) is 10.6. The van der Waals surface area contributed by atoms with Crippen molar-refractivity contribution in [2.75, 3.05) is 26.3 Å². The Kier molecular flexibility index (Phi) is 5.62. The van der Waals surface area contributed by atoms with Crippen molar-refractivity contribution in [3.8, 4) is 0 Å². The van der Waals surface area contributed by atoms with Gasteiger partial charge in [-0.2, -0.15) is 0 Å². The lowest BCUT2D eigenvalue weighted by atomic mass is 9.81. The van der Waals surface area contributed by atoms with Crippen LogP contribution in [0.15, 0.2) is 0 Å². The van der Waals surface area contributed by atoms with Crippen molar-refractivity contribution in [3.63, 3.8) is 0 Å². The molecule has 1 unspecified atom stereocenters. The fourth-order valence-electron chi connectivity index (χ4n) is 2.18. The SMILES string of the molecule is CCCOCCC(C)(CNCC)C1CC1. The fraction of sp³-hybridized carbons (Fsp3) is 1.00. The third-order valence-corrected chi connectivity index (χ3v) is 3.51. The van der Waals surface area contributed by atoms with Crippen LogP contribution in [0, 0.1) is 11.3 Å². The van der Waals surface area contributed by atoms with Gasteiger partial charge in [-0.3, -0.25) is 0 Å². The van der Waals surface area contributed by atoms with Gasteiger partial charge in [-0.15, -0.1) is 0 Å². The van der Waals surface area contributed by atoms with Crippen LogP contribution < -0.4 is 5.32 Å². The lowest BCUT2D eigenvalue weighted by Crippen LogP contribution is -2.34. The van der Waals surface area contributed by atoms with E-state index in [1.54, 1.807) is 0 Å². The Morgan fingerprint density at radius 3 is 2.53 bits per heavy atom. The molecule has 1 saturated carbocycles. The van der Waals surface area contributed by atoms with Gasteiger partial charge in [-0.05, 0) is 43.6 Å². The molecule has 1 aliphatic carbocycles. The first kappa shape index (κ1) is 13.0. The molecular weight excluding hydrogens is 186 g/mol. The van der Waals surface area contributed by atoms with Crippen molar-refractivity contribution in [2.45, 2.75) is 46.5 Å². The summed E-state index contributed by atoms with van der Waals surface area (Å²) in [7, 11) is 0. The van der Waals surface area contributed by atoms with E-state index in [1.807, 2.05) is 0 Å². The van der Waals surface area contributed by atoms with Crippen molar-refractivity contribution in [2.24, 2.45) is 11.3 Å². The number of ether oxygens (including phenoxy) is 1. The van der Waals surface area contributed by atoms with Crippen molar-refractivity contribution in [3.05, 3.63) is 0 Å². The molecule has 0 spiro atoms. The van der Waals surface area contributed by atoms with Crippen molar-refractivity contribution in [1.82, 2.24) is 5.32 Å². The van der Waals surface area contributed by atoms with Crippen molar-refractivity contribution < 1.29 is 4.74 Å². The van der Waals surface area contributed by atoms with Gasteiger partial charge in [0.25, 0.3) is 0 Å². The second-order valence-electron chi connectivity index (χ2n) is 5.07. The highest BCUT2D eigenvalue weighted by molar-refractivity contribution is 4.92. The number of hydrogen-bond donors (Lipinski definition) is 1. The van der Waals surface area contributed by atoms with Gasteiger partial charge in [0.15, 0.2) is 0 Å². The monoisotopic (exact) mass is 213 g/mol. The summed E-state index contributed by atoms with van der Waals surface area (Å²) in [4.78, 5) is 0. The molecule has 1 N–H and O–H groups in total. The predicted octanol–water partition coefficient (Wildman–Crippen LogP) is 2.83. The summed E-state index contributed by atoms with van der Waals surface area (Å²) < 4.78 is 5.61. The van der Waals surface area contributed by atoms with Gasteiger partial charge in [0.1, 0.15) is 0 Å². The Balaban J connectivity index is 2.22. The summed E-state index contributed by atoms with van der Waals surface area (Å²) in [6.45, 7) is 10.9. The zero-order valence-corrected chi connectivity index (χ0v) is 10.6. The third kappa shape index (κ3) is 4.52. The molecule has 0 aromatic heterocycles.